The van der Waals surface area contributed by atoms with Crippen LogP contribution in [0.3, 0.4) is 0 Å². The SMILES string of the molecule is CCCNC(C)C1(Cc2cc(Cl)ccc2Cl)CC1. The zero-order chi connectivity index (χ0) is 13.2. The van der Waals surface area contributed by atoms with Crippen molar-refractivity contribution in [2.45, 2.75) is 45.6 Å². The van der Waals surface area contributed by atoms with E-state index in [4.69, 9.17) is 23.2 Å². The van der Waals surface area contributed by atoms with Crippen molar-refractivity contribution in [3.05, 3.63) is 33.8 Å². The molecule has 1 aromatic carbocycles. The van der Waals surface area contributed by atoms with Crippen LogP contribution in [0, 0.1) is 5.41 Å². The zero-order valence-corrected chi connectivity index (χ0v) is 12.6. The molecule has 0 aromatic heterocycles. The maximum Gasteiger partial charge on any atom is 0.0439 e. The Morgan fingerprint density at radius 1 is 1.33 bits per heavy atom. The second-order valence-electron chi connectivity index (χ2n) is 5.45. The summed E-state index contributed by atoms with van der Waals surface area (Å²) in [6.07, 6.45) is 4.78. The lowest BCUT2D eigenvalue weighted by atomic mass is 9.89. The lowest BCUT2D eigenvalue weighted by Gasteiger charge is -2.25. The van der Waals surface area contributed by atoms with Gasteiger partial charge < -0.3 is 5.32 Å². The molecule has 1 saturated carbocycles. The van der Waals surface area contributed by atoms with Gasteiger partial charge in [0.15, 0.2) is 0 Å². The van der Waals surface area contributed by atoms with Crippen LogP contribution in [0.2, 0.25) is 10.0 Å². The largest absolute Gasteiger partial charge is 0.314 e. The molecule has 1 aliphatic carbocycles. The third-order valence-corrected chi connectivity index (χ3v) is 4.67. The van der Waals surface area contributed by atoms with E-state index in [-0.39, 0.29) is 0 Å². The summed E-state index contributed by atoms with van der Waals surface area (Å²) in [5, 5.41) is 5.23. The van der Waals surface area contributed by atoms with Crippen molar-refractivity contribution >= 4 is 23.2 Å². The standard InChI is InChI=1S/C15H21Cl2N/c1-3-8-18-11(2)15(6-7-15)10-12-9-13(16)4-5-14(12)17/h4-5,9,11,18H,3,6-8,10H2,1-2H3. The van der Waals surface area contributed by atoms with Gasteiger partial charge in [0.2, 0.25) is 0 Å². The molecule has 0 bridgehead atoms. The number of hydrogen-bond donors (Lipinski definition) is 1. The van der Waals surface area contributed by atoms with Gasteiger partial charge in [-0.1, -0.05) is 30.1 Å². The third kappa shape index (κ3) is 3.20. The Morgan fingerprint density at radius 2 is 2.06 bits per heavy atom. The summed E-state index contributed by atoms with van der Waals surface area (Å²) in [5.74, 6) is 0. The fourth-order valence-electron chi connectivity index (χ4n) is 2.56. The summed E-state index contributed by atoms with van der Waals surface area (Å²) < 4.78 is 0. The van der Waals surface area contributed by atoms with Crippen LogP contribution in [0.15, 0.2) is 18.2 Å². The first-order chi connectivity index (χ1) is 8.57. The van der Waals surface area contributed by atoms with E-state index in [1.165, 1.54) is 24.8 Å². The van der Waals surface area contributed by atoms with Gasteiger partial charge >= 0.3 is 0 Å². The number of halogens is 2. The first kappa shape index (κ1) is 14.2. The second-order valence-corrected chi connectivity index (χ2v) is 6.29. The van der Waals surface area contributed by atoms with E-state index in [2.05, 4.69) is 19.2 Å². The van der Waals surface area contributed by atoms with Crippen molar-refractivity contribution < 1.29 is 0 Å². The van der Waals surface area contributed by atoms with Crippen LogP contribution in [0.4, 0.5) is 0 Å². The van der Waals surface area contributed by atoms with Crippen LogP contribution in [0.5, 0.6) is 0 Å². The maximum atomic E-state index is 6.26. The fraction of sp³-hybridized carbons (Fsp3) is 0.600. The molecule has 1 N–H and O–H groups in total. The number of benzene rings is 1. The Labute approximate surface area is 120 Å². The van der Waals surface area contributed by atoms with Crippen LogP contribution in [0.25, 0.3) is 0 Å². The van der Waals surface area contributed by atoms with Crippen molar-refractivity contribution in [2.75, 3.05) is 6.54 Å². The fourth-order valence-corrected chi connectivity index (χ4v) is 2.94. The second kappa shape index (κ2) is 5.81. The Morgan fingerprint density at radius 3 is 2.67 bits per heavy atom. The van der Waals surface area contributed by atoms with E-state index < -0.39 is 0 Å². The maximum absolute atomic E-state index is 6.26. The average molecular weight is 286 g/mol. The molecule has 0 saturated heterocycles. The van der Waals surface area contributed by atoms with Gasteiger partial charge in [0.25, 0.3) is 0 Å². The van der Waals surface area contributed by atoms with Crippen LogP contribution in [0.1, 0.15) is 38.7 Å². The molecular formula is C15H21Cl2N. The molecule has 1 unspecified atom stereocenters. The summed E-state index contributed by atoms with van der Waals surface area (Å²) in [6, 6.07) is 6.31. The van der Waals surface area contributed by atoms with Crippen LogP contribution < -0.4 is 5.32 Å². The Hall–Kier alpha value is -0.240. The van der Waals surface area contributed by atoms with Gasteiger partial charge in [-0.25, -0.2) is 0 Å². The summed E-state index contributed by atoms with van der Waals surface area (Å²) in [4.78, 5) is 0. The Bertz CT molecular complexity index is 413. The quantitative estimate of drug-likeness (QED) is 0.799. The number of nitrogens with one attached hydrogen (secondary N) is 1. The summed E-state index contributed by atoms with van der Waals surface area (Å²) >= 11 is 12.3. The van der Waals surface area contributed by atoms with E-state index in [0.717, 1.165) is 23.0 Å². The van der Waals surface area contributed by atoms with Crippen LogP contribution >= 0.6 is 23.2 Å². The molecule has 0 amide bonds. The van der Waals surface area contributed by atoms with Gasteiger partial charge in [-0.3, -0.25) is 0 Å². The molecule has 0 spiro atoms. The monoisotopic (exact) mass is 285 g/mol. The molecule has 100 valence electrons. The molecule has 0 radical (unpaired) electrons. The van der Waals surface area contributed by atoms with Gasteiger partial charge in [-0.2, -0.15) is 0 Å². The van der Waals surface area contributed by atoms with E-state index in [9.17, 15) is 0 Å². The topological polar surface area (TPSA) is 12.0 Å². The van der Waals surface area contributed by atoms with Crippen molar-refractivity contribution in [3.63, 3.8) is 0 Å². The normalized spacial score (nSPS) is 18.7. The minimum absolute atomic E-state index is 0.392. The highest BCUT2D eigenvalue weighted by atomic mass is 35.5. The molecule has 0 heterocycles. The molecule has 1 nitrogen and oxygen atoms in total. The summed E-state index contributed by atoms with van der Waals surface area (Å²) in [7, 11) is 0. The predicted molar refractivity (Wildman–Crippen MR) is 79.6 cm³/mol. The van der Waals surface area contributed by atoms with E-state index >= 15 is 0 Å². The van der Waals surface area contributed by atoms with Gasteiger partial charge in [0.1, 0.15) is 0 Å². The molecule has 0 aliphatic heterocycles. The predicted octanol–water partition coefficient (Wildman–Crippen LogP) is 4.70. The Balaban J connectivity index is 2.06. The summed E-state index contributed by atoms with van der Waals surface area (Å²) in [6.45, 7) is 5.58. The molecule has 3 heteroatoms. The highest BCUT2D eigenvalue weighted by Crippen LogP contribution is 2.52. The molecule has 1 aromatic rings. The molecule has 1 atom stereocenters. The average Bonchev–Trinajstić information content (AvgIpc) is 3.12. The first-order valence-corrected chi connectivity index (χ1v) is 7.50. The van der Waals surface area contributed by atoms with Crippen molar-refractivity contribution in [1.82, 2.24) is 5.32 Å². The van der Waals surface area contributed by atoms with E-state index in [1.54, 1.807) is 0 Å². The number of hydrogen-bond acceptors (Lipinski definition) is 1. The smallest absolute Gasteiger partial charge is 0.0439 e. The van der Waals surface area contributed by atoms with Crippen LogP contribution in [-0.4, -0.2) is 12.6 Å². The highest BCUT2D eigenvalue weighted by Gasteiger charge is 2.47. The van der Waals surface area contributed by atoms with Crippen molar-refractivity contribution in [2.24, 2.45) is 5.41 Å². The minimum atomic E-state index is 0.392. The van der Waals surface area contributed by atoms with Gasteiger partial charge in [-0.15, -0.1) is 0 Å². The van der Waals surface area contributed by atoms with E-state index in [0.29, 0.717) is 11.5 Å². The van der Waals surface area contributed by atoms with Crippen molar-refractivity contribution in [3.8, 4) is 0 Å². The lowest BCUT2D eigenvalue weighted by molar-refractivity contribution is 0.350. The first-order valence-electron chi connectivity index (χ1n) is 6.75. The highest BCUT2D eigenvalue weighted by molar-refractivity contribution is 6.33. The molecule has 2 rings (SSSR count). The van der Waals surface area contributed by atoms with Crippen LogP contribution in [-0.2, 0) is 6.42 Å². The van der Waals surface area contributed by atoms with Crippen molar-refractivity contribution in [1.29, 1.82) is 0 Å². The van der Waals surface area contributed by atoms with E-state index in [1.807, 2.05) is 18.2 Å². The molecule has 18 heavy (non-hydrogen) atoms. The summed E-state index contributed by atoms with van der Waals surface area (Å²) in [5.41, 5.74) is 1.58. The number of rotatable bonds is 6. The van der Waals surface area contributed by atoms with Gasteiger partial charge in [0.05, 0.1) is 0 Å². The lowest BCUT2D eigenvalue weighted by Crippen LogP contribution is -2.36. The molecule has 1 aliphatic rings. The van der Waals surface area contributed by atoms with Gasteiger partial charge in [-0.05, 0) is 68.3 Å². The zero-order valence-electron chi connectivity index (χ0n) is 11.1. The Kier molecular flexibility index (Phi) is 4.58. The third-order valence-electron chi connectivity index (χ3n) is 4.06. The molecule has 1 fully saturated rings. The minimum Gasteiger partial charge on any atom is -0.314 e. The molecular weight excluding hydrogens is 265 g/mol. The van der Waals surface area contributed by atoms with Gasteiger partial charge in [0, 0.05) is 16.1 Å².